The molecule has 0 aliphatic rings. The molecular formula is C17H15NO2. The zero-order valence-electron chi connectivity index (χ0n) is 11.4. The van der Waals surface area contributed by atoms with Crippen molar-refractivity contribution in [3.05, 3.63) is 59.9 Å². The van der Waals surface area contributed by atoms with E-state index in [9.17, 15) is 5.11 Å². The van der Waals surface area contributed by atoms with Crippen LogP contribution in [0.15, 0.2) is 48.5 Å². The van der Waals surface area contributed by atoms with E-state index in [2.05, 4.69) is 4.98 Å². The molecular weight excluding hydrogens is 250 g/mol. The Morgan fingerprint density at radius 1 is 0.850 bits per heavy atom. The molecule has 2 aromatic carbocycles. The zero-order chi connectivity index (χ0) is 14.1. The van der Waals surface area contributed by atoms with Gasteiger partial charge in [-0.25, -0.2) is 0 Å². The van der Waals surface area contributed by atoms with Crippen LogP contribution in [0.3, 0.4) is 0 Å². The first-order valence-corrected chi connectivity index (χ1v) is 6.48. The number of nitrogens with zero attached hydrogens (tertiary/aromatic N) is 1. The van der Waals surface area contributed by atoms with Crippen molar-refractivity contribution in [2.45, 2.75) is 13.8 Å². The minimum atomic E-state index is 0.233. The number of ether oxygens (including phenoxy) is 1. The summed E-state index contributed by atoms with van der Waals surface area (Å²) in [5, 5.41) is 11.8. The highest BCUT2D eigenvalue weighted by Crippen LogP contribution is 2.32. The minimum absolute atomic E-state index is 0.233. The summed E-state index contributed by atoms with van der Waals surface area (Å²) in [6.07, 6.45) is 0. The van der Waals surface area contributed by atoms with Gasteiger partial charge in [0.2, 0.25) is 0 Å². The largest absolute Gasteiger partial charge is 0.505 e. The number of hydrogen-bond donors (Lipinski definition) is 1. The lowest BCUT2D eigenvalue weighted by Gasteiger charge is -2.10. The van der Waals surface area contributed by atoms with Crippen LogP contribution in [-0.4, -0.2) is 10.1 Å². The Kier molecular flexibility index (Phi) is 3.03. The van der Waals surface area contributed by atoms with Crippen molar-refractivity contribution in [3.63, 3.8) is 0 Å². The van der Waals surface area contributed by atoms with Crippen LogP contribution in [0.25, 0.3) is 10.8 Å². The maximum atomic E-state index is 10.1. The van der Waals surface area contributed by atoms with Gasteiger partial charge in [0.15, 0.2) is 0 Å². The zero-order valence-corrected chi connectivity index (χ0v) is 11.4. The molecule has 0 saturated carbocycles. The van der Waals surface area contributed by atoms with Gasteiger partial charge in [-0.15, -0.1) is 0 Å². The Morgan fingerprint density at radius 2 is 1.60 bits per heavy atom. The quantitative estimate of drug-likeness (QED) is 0.749. The highest BCUT2D eigenvalue weighted by atomic mass is 16.5. The van der Waals surface area contributed by atoms with Crippen molar-refractivity contribution in [2.24, 2.45) is 0 Å². The van der Waals surface area contributed by atoms with Gasteiger partial charge in [-0.2, -0.15) is 0 Å². The predicted molar refractivity (Wildman–Crippen MR) is 79.4 cm³/mol. The summed E-state index contributed by atoms with van der Waals surface area (Å²) in [4.78, 5) is 4.34. The first-order valence-electron chi connectivity index (χ1n) is 6.48. The molecule has 0 saturated heterocycles. The fraction of sp³-hybridized carbons (Fsp3) is 0.118. The summed E-state index contributed by atoms with van der Waals surface area (Å²) >= 11 is 0. The Bertz CT molecular complexity index is 767. The summed E-state index contributed by atoms with van der Waals surface area (Å²) in [5.41, 5.74) is 1.53. The fourth-order valence-corrected chi connectivity index (χ4v) is 2.28. The number of benzene rings is 2. The van der Waals surface area contributed by atoms with E-state index >= 15 is 0 Å². The number of aromatic nitrogens is 1. The highest BCUT2D eigenvalue weighted by molar-refractivity contribution is 5.91. The maximum absolute atomic E-state index is 10.1. The second kappa shape index (κ2) is 4.85. The topological polar surface area (TPSA) is 42.4 Å². The van der Waals surface area contributed by atoms with Gasteiger partial charge in [0.05, 0.1) is 5.69 Å². The molecule has 0 spiro atoms. The van der Waals surface area contributed by atoms with E-state index in [1.807, 2.05) is 55.5 Å². The van der Waals surface area contributed by atoms with Crippen LogP contribution in [0, 0.1) is 13.8 Å². The normalized spacial score (nSPS) is 10.7. The second-order valence-electron chi connectivity index (χ2n) is 4.75. The van der Waals surface area contributed by atoms with Crippen molar-refractivity contribution in [2.75, 3.05) is 0 Å². The lowest BCUT2D eigenvalue weighted by Crippen LogP contribution is -1.91. The van der Waals surface area contributed by atoms with E-state index in [1.54, 1.807) is 6.92 Å². The lowest BCUT2D eigenvalue weighted by molar-refractivity contribution is 0.473. The average molecular weight is 265 g/mol. The average Bonchev–Trinajstić information content (AvgIpc) is 2.46. The van der Waals surface area contributed by atoms with Crippen LogP contribution in [0.2, 0.25) is 0 Å². The van der Waals surface area contributed by atoms with Crippen LogP contribution < -0.4 is 4.74 Å². The third-order valence-electron chi connectivity index (χ3n) is 3.29. The number of rotatable bonds is 2. The molecule has 0 atom stereocenters. The standard InChI is InChI=1S/C17H15NO2/c1-11-16-10-14(20-13-6-4-3-5-7-13)8-9-15(16)17(19)12(2)18-11/h3-10,19H,1-2H3. The Labute approximate surface area is 117 Å². The summed E-state index contributed by atoms with van der Waals surface area (Å²) < 4.78 is 5.80. The van der Waals surface area contributed by atoms with Crippen molar-refractivity contribution in [1.82, 2.24) is 4.98 Å². The molecule has 0 bridgehead atoms. The van der Waals surface area contributed by atoms with Crippen molar-refractivity contribution in [1.29, 1.82) is 0 Å². The van der Waals surface area contributed by atoms with Crippen LogP contribution >= 0.6 is 0 Å². The number of fused-ring (bicyclic) bond motifs is 1. The van der Waals surface area contributed by atoms with Gasteiger partial charge >= 0.3 is 0 Å². The van der Waals surface area contributed by atoms with Crippen molar-refractivity contribution in [3.8, 4) is 17.2 Å². The molecule has 3 rings (SSSR count). The molecule has 1 heterocycles. The molecule has 100 valence electrons. The van der Waals surface area contributed by atoms with Gasteiger partial charge in [0.25, 0.3) is 0 Å². The second-order valence-corrected chi connectivity index (χ2v) is 4.75. The van der Waals surface area contributed by atoms with Crippen molar-refractivity contribution < 1.29 is 9.84 Å². The molecule has 3 nitrogen and oxygen atoms in total. The fourth-order valence-electron chi connectivity index (χ4n) is 2.28. The van der Waals surface area contributed by atoms with E-state index in [0.29, 0.717) is 5.69 Å². The number of aromatic hydroxyl groups is 1. The van der Waals surface area contributed by atoms with E-state index in [-0.39, 0.29) is 5.75 Å². The van der Waals surface area contributed by atoms with Crippen LogP contribution in [-0.2, 0) is 0 Å². The number of pyridine rings is 1. The smallest absolute Gasteiger partial charge is 0.144 e. The monoisotopic (exact) mass is 265 g/mol. The van der Waals surface area contributed by atoms with E-state index in [1.165, 1.54) is 0 Å². The predicted octanol–water partition coefficient (Wildman–Crippen LogP) is 4.35. The first kappa shape index (κ1) is 12.5. The number of aryl methyl sites for hydroxylation is 2. The SMILES string of the molecule is Cc1nc(C)c2cc(Oc3ccccc3)ccc2c1O. The molecule has 3 heteroatoms. The van der Waals surface area contributed by atoms with Gasteiger partial charge in [-0.1, -0.05) is 18.2 Å². The third-order valence-corrected chi connectivity index (χ3v) is 3.29. The molecule has 0 aliphatic heterocycles. The third kappa shape index (κ3) is 2.18. The summed E-state index contributed by atoms with van der Waals surface area (Å²) in [5.74, 6) is 1.75. The molecule has 20 heavy (non-hydrogen) atoms. The summed E-state index contributed by atoms with van der Waals surface area (Å²) in [6, 6.07) is 15.2. The lowest BCUT2D eigenvalue weighted by atomic mass is 10.1. The molecule has 0 fully saturated rings. The minimum Gasteiger partial charge on any atom is -0.505 e. The van der Waals surface area contributed by atoms with Crippen LogP contribution in [0.5, 0.6) is 17.2 Å². The summed E-state index contributed by atoms with van der Waals surface area (Å²) in [7, 11) is 0. The van der Waals surface area contributed by atoms with Crippen molar-refractivity contribution >= 4 is 10.8 Å². The highest BCUT2D eigenvalue weighted by Gasteiger charge is 2.09. The molecule has 0 radical (unpaired) electrons. The number of para-hydroxylation sites is 1. The van der Waals surface area contributed by atoms with Gasteiger partial charge in [-0.05, 0) is 44.2 Å². The van der Waals surface area contributed by atoms with E-state index < -0.39 is 0 Å². The van der Waals surface area contributed by atoms with Gasteiger partial charge in [0.1, 0.15) is 17.2 Å². The van der Waals surface area contributed by atoms with Crippen LogP contribution in [0.4, 0.5) is 0 Å². The summed E-state index contributed by atoms with van der Waals surface area (Å²) in [6.45, 7) is 3.73. The molecule has 1 aromatic heterocycles. The van der Waals surface area contributed by atoms with Crippen LogP contribution in [0.1, 0.15) is 11.4 Å². The van der Waals surface area contributed by atoms with Gasteiger partial charge in [0, 0.05) is 16.5 Å². The molecule has 3 aromatic rings. The molecule has 0 unspecified atom stereocenters. The number of hydrogen-bond acceptors (Lipinski definition) is 3. The Balaban J connectivity index is 2.07. The van der Waals surface area contributed by atoms with E-state index in [0.717, 1.165) is 28.0 Å². The van der Waals surface area contributed by atoms with E-state index in [4.69, 9.17) is 4.74 Å². The molecule has 1 N–H and O–H groups in total. The Morgan fingerprint density at radius 3 is 2.35 bits per heavy atom. The first-order chi connectivity index (χ1) is 9.65. The van der Waals surface area contributed by atoms with Gasteiger partial charge < -0.3 is 9.84 Å². The Hall–Kier alpha value is -2.55. The van der Waals surface area contributed by atoms with Gasteiger partial charge in [-0.3, -0.25) is 4.98 Å². The maximum Gasteiger partial charge on any atom is 0.144 e. The molecule has 0 aliphatic carbocycles. The molecule has 0 amide bonds.